The van der Waals surface area contributed by atoms with Gasteiger partial charge in [0.15, 0.2) is 0 Å². The second-order valence-electron chi connectivity index (χ2n) is 2.20. The summed E-state index contributed by atoms with van der Waals surface area (Å²) in [5.41, 5.74) is 0. The lowest BCUT2D eigenvalue weighted by Crippen LogP contribution is -2.15. The van der Waals surface area contributed by atoms with Gasteiger partial charge in [0.25, 0.3) is 0 Å². The number of hydrogen-bond donors (Lipinski definition) is 1. The Morgan fingerprint density at radius 3 is 2.38 bits per heavy atom. The van der Waals surface area contributed by atoms with Crippen LogP contribution in [0.1, 0.15) is 13.8 Å². The van der Waals surface area contributed by atoms with Crippen LogP contribution in [-0.2, 0) is 0 Å². The summed E-state index contributed by atoms with van der Waals surface area (Å²) in [6.45, 7) is 1.92. The third-order valence-electron chi connectivity index (χ3n) is 1.37. The molecule has 8 heavy (non-hydrogen) atoms. The Labute approximate surface area is 51.1 Å². The first-order valence-corrected chi connectivity index (χ1v) is 2.65. The highest BCUT2D eigenvalue weighted by Crippen LogP contribution is 2.03. The van der Waals surface area contributed by atoms with Gasteiger partial charge < -0.3 is 10.0 Å². The van der Waals surface area contributed by atoms with E-state index in [-0.39, 0.29) is 13.5 Å². The zero-order valence-corrected chi connectivity index (χ0v) is 4.59. The highest BCUT2D eigenvalue weighted by atomic mass is 16.3. The van der Waals surface area contributed by atoms with E-state index in [9.17, 15) is 0 Å². The fourth-order valence-electron chi connectivity index (χ4n) is 0.912. The zero-order chi connectivity index (χ0) is 5.28. The van der Waals surface area contributed by atoms with E-state index in [1.165, 1.54) is 0 Å². The van der Waals surface area contributed by atoms with Crippen molar-refractivity contribution in [2.45, 2.75) is 20.0 Å². The molecular formula is C6H15NO. The van der Waals surface area contributed by atoms with Crippen LogP contribution in [0.15, 0.2) is 0 Å². The number of likely N-dealkylation sites (tertiary alicyclic amines) is 1. The number of rotatable bonds is 0. The minimum absolute atomic E-state index is 0. The van der Waals surface area contributed by atoms with Gasteiger partial charge in [0, 0.05) is 13.1 Å². The number of aliphatic hydroxyl groups excluding tert-OH is 1. The molecule has 0 radical (unpaired) electrons. The van der Waals surface area contributed by atoms with Crippen molar-refractivity contribution in [1.29, 1.82) is 0 Å². The van der Waals surface area contributed by atoms with Crippen molar-refractivity contribution in [3.8, 4) is 0 Å². The lowest BCUT2D eigenvalue weighted by molar-refractivity contribution is 0.183. The van der Waals surface area contributed by atoms with Gasteiger partial charge in [-0.25, -0.2) is 0 Å². The van der Waals surface area contributed by atoms with E-state index in [2.05, 4.69) is 4.90 Å². The molecule has 2 nitrogen and oxygen atoms in total. The summed E-state index contributed by atoms with van der Waals surface area (Å²) in [7, 11) is 2.02. The van der Waals surface area contributed by atoms with Gasteiger partial charge in [-0.05, 0) is 13.5 Å². The van der Waals surface area contributed by atoms with Crippen molar-refractivity contribution in [1.82, 2.24) is 4.90 Å². The van der Waals surface area contributed by atoms with Crippen molar-refractivity contribution in [3.05, 3.63) is 0 Å². The Morgan fingerprint density at radius 1 is 1.62 bits per heavy atom. The van der Waals surface area contributed by atoms with Gasteiger partial charge in [-0.2, -0.15) is 0 Å². The van der Waals surface area contributed by atoms with Crippen molar-refractivity contribution in [3.63, 3.8) is 0 Å². The Morgan fingerprint density at radius 2 is 2.25 bits per heavy atom. The normalized spacial score (nSPS) is 30.0. The Hall–Kier alpha value is -0.0800. The summed E-state index contributed by atoms with van der Waals surface area (Å²) in [5, 5.41) is 8.86. The molecule has 0 bridgehead atoms. The summed E-state index contributed by atoms with van der Waals surface area (Å²) >= 11 is 0. The van der Waals surface area contributed by atoms with Crippen LogP contribution in [0.3, 0.4) is 0 Å². The molecule has 0 saturated carbocycles. The van der Waals surface area contributed by atoms with Crippen LogP contribution in [0.2, 0.25) is 0 Å². The molecule has 0 aromatic carbocycles. The molecule has 1 N–H and O–H groups in total. The molecule has 1 aliphatic rings. The summed E-state index contributed by atoms with van der Waals surface area (Å²) in [6, 6.07) is 0. The average Bonchev–Trinajstić information content (AvgIpc) is 1.87. The second-order valence-corrected chi connectivity index (χ2v) is 2.20. The van der Waals surface area contributed by atoms with Gasteiger partial charge in [-0.1, -0.05) is 7.43 Å². The van der Waals surface area contributed by atoms with E-state index in [4.69, 9.17) is 5.11 Å². The minimum Gasteiger partial charge on any atom is -0.392 e. The number of aliphatic hydroxyl groups is 1. The summed E-state index contributed by atoms with van der Waals surface area (Å²) in [4.78, 5) is 2.13. The molecule has 1 saturated heterocycles. The van der Waals surface area contributed by atoms with E-state index in [0.29, 0.717) is 0 Å². The van der Waals surface area contributed by atoms with Crippen LogP contribution in [-0.4, -0.2) is 36.2 Å². The first kappa shape index (κ1) is 7.92. The first-order valence-electron chi connectivity index (χ1n) is 2.65. The van der Waals surface area contributed by atoms with Crippen molar-refractivity contribution < 1.29 is 5.11 Å². The molecule has 0 aromatic heterocycles. The lowest BCUT2D eigenvalue weighted by atomic mass is 10.3. The van der Waals surface area contributed by atoms with Gasteiger partial charge in [0.05, 0.1) is 6.10 Å². The van der Waals surface area contributed by atoms with E-state index < -0.39 is 0 Å². The second kappa shape index (κ2) is 3.05. The standard InChI is InChI=1S/C5H11NO.CH4/c1-6-3-2-5(7)4-6;/h5,7H,2-4H2,1H3;1H4. The number of nitrogens with zero attached hydrogens (tertiary/aromatic N) is 1. The maximum atomic E-state index is 8.86. The highest BCUT2D eigenvalue weighted by Gasteiger charge is 2.14. The molecule has 50 valence electrons. The Kier molecular flexibility index (Phi) is 3.02. The van der Waals surface area contributed by atoms with Crippen molar-refractivity contribution >= 4 is 0 Å². The number of hydrogen-bond acceptors (Lipinski definition) is 2. The molecule has 1 heterocycles. The zero-order valence-electron chi connectivity index (χ0n) is 4.59. The van der Waals surface area contributed by atoms with Gasteiger partial charge >= 0.3 is 0 Å². The number of β-amino-alcohol motifs (C(OH)–C–C–N with tert-alkyl or cyclic N) is 1. The van der Waals surface area contributed by atoms with E-state index in [1.54, 1.807) is 0 Å². The maximum Gasteiger partial charge on any atom is 0.0679 e. The van der Waals surface area contributed by atoms with Crippen LogP contribution in [0.5, 0.6) is 0 Å². The van der Waals surface area contributed by atoms with E-state index in [0.717, 1.165) is 19.5 Å². The Bertz CT molecular complexity index is 57.5. The molecule has 1 aliphatic heterocycles. The van der Waals surface area contributed by atoms with Gasteiger partial charge in [0.2, 0.25) is 0 Å². The third kappa shape index (κ3) is 1.80. The van der Waals surface area contributed by atoms with E-state index in [1.807, 2.05) is 7.05 Å². The lowest BCUT2D eigenvalue weighted by Gasteiger charge is -2.02. The van der Waals surface area contributed by atoms with Gasteiger partial charge in [-0.15, -0.1) is 0 Å². The Balaban J connectivity index is 0.000000490. The molecule has 1 rings (SSSR count). The minimum atomic E-state index is -0.0509. The maximum absolute atomic E-state index is 8.86. The molecule has 1 atom stereocenters. The highest BCUT2D eigenvalue weighted by molar-refractivity contribution is 4.70. The SMILES string of the molecule is C.CN1CCC(O)C1. The molecule has 1 fully saturated rings. The molecular weight excluding hydrogens is 102 g/mol. The monoisotopic (exact) mass is 117 g/mol. The van der Waals surface area contributed by atoms with Gasteiger partial charge in [-0.3, -0.25) is 0 Å². The molecule has 1 unspecified atom stereocenters. The fraction of sp³-hybridized carbons (Fsp3) is 1.00. The van der Waals surface area contributed by atoms with Crippen LogP contribution in [0, 0.1) is 0 Å². The topological polar surface area (TPSA) is 23.5 Å². The predicted octanol–water partition coefficient (Wildman–Crippen LogP) is 0.319. The molecule has 0 amide bonds. The summed E-state index contributed by atoms with van der Waals surface area (Å²) in [6.07, 6.45) is 0.904. The molecule has 0 spiro atoms. The smallest absolute Gasteiger partial charge is 0.0679 e. The fourth-order valence-corrected chi connectivity index (χ4v) is 0.912. The predicted molar refractivity (Wildman–Crippen MR) is 34.9 cm³/mol. The summed E-state index contributed by atoms with van der Waals surface area (Å²) in [5.74, 6) is 0. The van der Waals surface area contributed by atoms with Gasteiger partial charge in [0.1, 0.15) is 0 Å². The first-order chi connectivity index (χ1) is 3.29. The molecule has 0 aliphatic carbocycles. The third-order valence-corrected chi connectivity index (χ3v) is 1.37. The van der Waals surface area contributed by atoms with Crippen LogP contribution in [0.4, 0.5) is 0 Å². The number of likely N-dealkylation sites (N-methyl/N-ethyl adjacent to an activating group) is 1. The van der Waals surface area contributed by atoms with Crippen molar-refractivity contribution in [2.75, 3.05) is 20.1 Å². The molecule has 0 aromatic rings. The van der Waals surface area contributed by atoms with Crippen LogP contribution < -0.4 is 0 Å². The van der Waals surface area contributed by atoms with E-state index >= 15 is 0 Å². The molecule has 2 heteroatoms. The largest absolute Gasteiger partial charge is 0.392 e. The summed E-state index contributed by atoms with van der Waals surface area (Å²) < 4.78 is 0. The quantitative estimate of drug-likeness (QED) is 0.494. The van der Waals surface area contributed by atoms with Crippen molar-refractivity contribution in [2.24, 2.45) is 0 Å². The average molecular weight is 117 g/mol. The van der Waals surface area contributed by atoms with Crippen LogP contribution >= 0.6 is 0 Å². The van der Waals surface area contributed by atoms with Crippen LogP contribution in [0.25, 0.3) is 0 Å².